The number of aromatic nitrogens is 2. The summed E-state index contributed by atoms with van der Waals surface area (Å²) in [5, 5.41) is 12.1. The van der Waals surface area contributed by atoms with Gasteiger partial charge in [-0.05, 0) is 30.3 Å². The van der Waals surface area contributed by atoms with Crippen molar-refractivity contribution in [3.8, 4) is 5.88 Å². The van der Waals surface area contributed by atoms with E-state index in [0.29, 0.717) is 5.56 Å². The summed E-state index contributed by atoms with van der Waals surface area (Å²) in [4.78, 5) is 10.6. The molecule has 0 saturated carbocycles. The summed E-state index contributed by atoms with van der Waals surface area (Å²) in [5.41, 5.74) is 3.55. The van der Waals surface area contributed by atoms with E-state index < -0.39 is 0 Å². The van der Waals surface area contributed by atoms with Gasteiger partial charge in [0.1, 0.15) is 0 Å². The lowest BCUT2D eigenvalue weighted by atomic mass is 10.2. The monoisotopic (exact) mass is 275 g/mol. The van der Waals surface area contributed by atoms with Crippen molar-refractivity contribution in [3.05, 3.63) is 60.3 Å². The van der Waals surface area contributed by atoms with Crippen LogP contribution in [0.4, 0.5) is 5.69 Å². The summed E-state index contributed by atoms with van der Waals surface area (Å²) in [5.74, 6) is 0.141. The molecule has 2 aromatic carbocycles. The molecule has 0 radical (unpaired) electrons. The maximum absolute atomic E-state index is 10.00. The molecule has 0 aliphatic rings. The molecule has 0 aliphatic carbocycles. The Morgan fingerprint density at radius 3 is 2.86 bits per heavy atom. The molecule has 2 aromatic heterocycles. The average Bonchev–Trinajstić information content (AvgIpc) is 3.08. The first-order valence-electron chi connectivity index (χ1n) is 6.72. The van der Waals surface area contributed by atoms with Gasteiger partial charge in [-0.3, -0.25) is 4.99 Å². The first-order chi connectivity index (χ1) is 10.3. The number of nitrogens with zero attached hydrogens (tertiary/aromatic N) is 1. The molecule has 4 heteroatoms. The highest BCUT2D eigenvalue weighted by atomic mass is 16.3. The van der Waals surface area contributed by atoms with Crippen LogP contribution in [0.15, 0.2) is 59.7 Å². The molecule has 0 aliphatic heterocycles. The third-order valence-corrected chi connectivity index (χ3v) is 3.61. The van der Waals surface area contributed by atoms with Crippen molar-refractivity contribution in [1.29, 1.82) is 0 Å². The lowest BCUT2D eigenvalue weighted by molar-refractivity contribution is 0.457. The van der Waals surface area contributed by atoms with E-state index >= 15 is 0 Å². The van der Waals surface area contributed by atoms with Crippen molar-refractivity contribution < 1.29 is 5.11 Å². The summed E-state index contributed by atoms with van der Waals surface area (Å²) < 4.78 is 0. The van der Waals surface area contributed by atoms with Gasteiger partial charge in [0, 0.05) is 34.2 Å². The number of nitrogens with one attached hydrogen (secondary N) is 2. The molecule has 3 N–H and O–H groups in total. The number of aliphatic imine (C=N–C) groups is 1. The molecule has 0 fully saturated rings. The number of aromatic hydroxyl groups is 1. The number of fused-ring (bicyclic) bond motifs is 2. The number of H-pyrrole nitrogens is 2. The molecule has 102 valence electrons. The van der Waals surface area contributed by atoms with Crippen molar-refractivity contribution in [2.45, 2.75) is 0 Å². The minimum atomic E-state index is 0.141. The first-order valence-corrected chi connectivity index (χ1v) is 6.72. The van der Waals surface area contributed by atoms with Gasteiger partial charge in [-0.1, -0.05) is 18.2 Å². The van der Waals surface area contributed by atoms with Gasteiger partial charge in [0.2, 0.25) is 0 Å². The number of aromatic amines is 2. The zero-order valence-electron chi connectivity index (χ0n) is 11.2. The maximum atomic E-state index is 10.00. The number of hydrogen-bond acceptors (Lipinski definition) is 2. The molecule has 4 rings (SSSR count). The third kappa shape index (κ3) is 1.97. The van der Waals surface area contributed by atoms with E-state index in [1.54, 1.807) is 6.21 Å². The van der Waals surface area contributed by atoms with Crippen LogP contribution >= 0.6 is 0 Å². The average molecular weight is 275 g/mol. The topological polar surface area (TPSA) is 64.2 Å². The van der Waals surface area contributed by atoms with E-state index in [1.807, 2.05) is 54.7 Å². The van der Waals surface area contributed by atoms with Crippen LogP contribution in [0.1, 0.15) is 5.56 Å². The lowest BCUT2D eigenvalue weighted by Gasteiger charge is -1.95. The fraction of sp³-hybridized carbons (Fsp3) is 0. The van der Waals surface area contributed by atoms with Gasteiger partial charge in [-0.15, -0.1) is 0 Å². The molecule has 0 spiro atoms. The van der Waals surface area contributed by atoms with Crippen molar-refractivity contribution in [1.82, 2.24) is 9.97 Å². The standard InChI is InChI=1S/C17H13N3O/c21-17-14(13-3-1-2-4-16(13)20-17)10-19-12-5-6-15-11(9-12)7-8-18-15/h1-10,18,20-21H. The highest BCUT2D eigenvalue weighted by molar-refractivity contribution is 6.02. The molecule has 0 amide bonds. The minimum Gasteiger partial charge on any atom is -0.494 e. The number of benzene rings is 2. The summed E-state index contributed by atoms with van der Waals surface area (Å²) in [7, 11) is 0. The van der Waals surface area contributed by atoms with Gasteiger partial charge in [0.25, 0.3) is 0 Å². The Balaban J connectivity index is 1.77. The summed E-state index contributed by atoms with van der Waals surface area (Å²) in [6.07, 6.45) is 3.60. The third-order valence-electron chi connectivity index (χ3n) is 3.61. The Morgan fingerprint density at radius 1 is 1.00 bits per heavy atom. The minimum absolute atomic E-state index is 0.141. The normalized spacial score (nSPS) is 11.8. The van der Waals surface area contributed by atoms with Crippen LogP contribution in [0.2, 0.25) is 0 Å². The van der Waals surface area contributed by atoms with Gasteiger partial charge < -0.3 is 15.1 Å². The molecule has 4 nitrogen and oxygen atoms in total. The zero-order valence-corrected chi connectivity index (χ0v) is 11.2. The summed E-state index contributed by atoms with van der Waals surface area (Å²) in [6.45, 7) is 0. The van der Waals surface area contributed by atoms with Gasteiger partial charge in [0.05, 0.1) is 11.3 Å². The second-order valence-corrected chi connectivity index (χ2v) is 4.94. The lowest BCUT2D eigenvalue weighted by Crippen LogP contribution is -1.78. The van der Waals surface area contributed by atoms with Crippen molar-refractivity contribution in [2.24, 2.45) is 4.99 Å². The van der Waals surface area contributed by atoms with Gasteiger partial charge >= 0.3 is 0 Å². The Labute approximate surface area is 120 Å². The van der Waals surface area contributed by atoms with Crippen LogP contribution in [-0.2, 0) is 0 Å². The van der Waals surface area contributed by atoms with Gasteiger partial charge in [-0.25, -0.2) is 0 Å². The Hall–Kier alpha value is -3.01. The Morgan fingerprint density at radius 2 is 1.90 bits per heavy atom. The fourth-order valence-electron chi connectivity index (χ4n) is 2.54. The Bertz CT molecular complexity index is 962. The molecular weight excluding hydrogens is 262 g/mol. The molecule has 21 heavy (non-hydrogen) atoms. The SMILES string of the molecule is Oc1[nH]c2ccccc2c1C=Nc1ccc2[nH]ccc2c1. The van der Waals surface area contributed by atoms with Crippen LogP contribution in [0, 0.1) is 0 Å². The highest BCUT2D eigenvalue weighted by Crippen LogP contribution is 2.26. The van der Waals surface area contributed by atoms with Crippen LogP contribution in [0.5, 0.6) is 5.88 Å². The molecule has 2 heterocycles. The van der Waals surface area contributed by atoms with E-state index in [-0.39, 0.29) is 5.88 Å². The van der Waals surface area contributed by atoms with Crippen LogP contribution < -0.4 is 0 Å². The van der Waals surface area contributed by atoms with Crippen LogP contribution in [-0.4, -0.2) is 21.3 Å². The molecule has 0 atom stereocenters. The van der Waals surface area contributed by atoms with E-state index in [9.17, 15) is 5.11 Å². The van der Waals surface area contributed by atoms with E-state index in [4.69, 9.17) is 0 Å². The zero-order chi connectivity index (χ0) is 14.2. The summed E-state index contributed by atoms with van der Waals surface area (Å²) >= 11 is 0. The molecule has 4 aromatic rings. The van der Waals surface area contributed by atoms with Crippen molar-refractivity contribution >= 4 is 33.7 Å². The second-order valence-electron chi connectivity index (χ2n) is 4.94. The quantitative estimate of drug-likeness (QED) is 0.474. The van der Waals surface area contributed by atoms with Crippen LogP contribution in [0.25, 0.3) is 21.8 Å². The van der Waals surface area contributed by atoms with Gasteiger partial charge in [-0.2, -0.15) is 0 Å². The van der Waals surface area contributed by atoms with Crippen molar-refractivity contribution in [2.75, 3.05) is 0 Å². The fourth-order valence-corrected chi connectivity index (χ4v) is 2.54. The number of rotatable bonds is 2. The maximum Gasteiger partial charge on any atom is 0.198 e. The predicted molar refractivity (Wildman–Crippen MR) is 85.5 cm³/mol. The first kappa shape index (κ1) is 11.8. The molecule has 0 bridgehead atoms. The molecule has 0 unspecified atom stereocenters. The van der Waals surface area contributed by atoms with E-state index in [1.165, 1.54) is 0 Å². The predicted octanol–water partition coefficient (Wildman–Crippen LogP) is 4.11. The van der Waals surface area contributed by atoms with Crippen molar-refractivity contribution in [3.63, 3.8) is 0 Å². The van der Waals surface area contributed by atoms with Crippen LogP contribution in [0.3, 0.4) is 0 Å². The second kappa shape index (κ2) is 4.52. The number of hydrogen-bond donors (Lipinski definition) is 3. The smallest absolute Gasteiger partial charge is 0.198 e. The van der Waals surface area contributed by atoms with Gasteiger partial charge in [0.15, 0.2) is 5.88 Å². The molecule has 0 saturated heterocycles. The highest BCUT2D eigenvalue weighted by Gasteiger charge is 2.07. The Kier molecular flexibility index (Phi) is 2.54. The van der Waals surface area contributed by atoms with E-state index in [2.05, 4.69) is 15.0 Å². The largest absolute Gasteiger partial charge is 0.494 e. The number of para-hydroxylation sites is 1. The summed E-state index contributed by atoms with van der Waals surface area (Å²) in [6, 6.07) is 15.7. The van der Waals surface area contributed by atoms with E-state index in [0.717, 1.165) is 27.5 Å². The molecular formula is C17H13N3O.